The molecule has 5 rings (SSSR count). The van der Waals surface area contributed by atoms with E-state index in [0.29, 0.717) is 17.5 Å². The van der Waals surface area contributed by atoms with Crippen molar-refractivity contribution in [3.05, 3.63) is 72.8 Å². The first-order valence-electron chi connectivity index (χ1n) is 14.2. The Kier molecular flexibility index (Phi) is 10.6. The highest BCUT2D eigenvalue weighted by Crippen LogP contribution is 2.48. The van der Waals surface area contributed by atoms with E-state index >= 15 is 0 Å². The van der Waals surface area contributed by atoms with E-state index in [9.17, 15) is 60.9 Å². The van der Waals surface area contributed by atoms with Gasteiger partial charge in [-0.25, -0.2) is 12.6 Å². The monoisotopic (exact) mass is 845 g/mol. The lowest BCUT2D eigenvalue weighted by Gasteiger charge is -2.14. The van der Waals surface area contributed by atoms with Gasteiger partial charge in [-0.2, -0.15) is 38.8 Å². The molecule has 0 amide bonds. The van der Waals surface area contributed by atoms with Gasteiger partial charge in [0.25, 0.3) is 30.4 Å². The second-order valence-electron chi connectivity index (χ2n) is 10.8. The summed E-state index contributed by atoms with van der Waals surface area (Å²) in [7, 11) is -24.6. The molecule has 0 unspecified atom stereocenters. The molecule has 0 spiro atoms. The summed E-state index contributed by atoms with van der Waals surface area (Å²) >= 11 is 0. The number of fused-ring (bicyclic) bond motifs is 2. The first-order valence-corrected chi connectivity index (χ1v) is 21.6. The summed E-state index contributed by atoms with van der Waals surface area (Å²) in [6, 6.07) is 13.8. The fourth-order valence-corrected chi connectivity index (χ4v) is 8.64. The number of azo groups is 2. The van der Waals surface area contributed by atoms with Crippen molar-refractivity contribution in [2.24, 2.45) is 20.5 Å². The first-order chi connectivity index (χ1) is 24.9. The fourth-order valence-electron chi connectivity index (χ4n) is 4.98. The number of hydrogen-bond donors (Lipinski definition) is 6. The van der Waals surface area contributed by atoms with Crippen LogP contribution in [0.25, 0.3) is 21.5 Å². The standard InChI is InChI=1S/C28H23N5O16S5/c29-24-23-16(13-21(51(37,38)39)25(24)32-30-17-6-8-18(9-7-17)50(35,36)12-11-49-54(46,47)48)14-22(52(40,41)42)26(27(23)34)33-31-20-10-5-15-3-1-2-4-19(15)28(20)53(43,44)45/h1-10,13-14,34H,11-12,29H2,(H,37,38,39)(H,40,41,42)(H,43,44,45)(H,46,47,48). The summed E-state index contributed by atoms with van der Waals surface area (Å²) < 4.78 is 163. The van der Waals surface area contributed by atoms with Crippen LogP contribution in [0.3, 0.4) is 0 Å². The molecular weight excluding hydrogens is 823 g/mol. The molecule has 286 valence electrons. The van der Waals surface area contributed by atoms with Crippen molar-refractivity contribution >= 4 is 101 Å². The summed E-state index contributed by atoms with van der Waals surface area (Å²) in [5.41, 5.74) is 2.88. The zero-order valence-corrected chi connectivity index (χ0v) is 30.6. The number of rotatable bonds is 12. The number of sulfone groups is 1. The van der Waals surface area contributed by atoms with Crippen molar-refractivity contribution in [2.75, 3.05) is 18.1 Å². The maximum absolute atomic E-state index is 12.5. The predicted octanol–water partition coefficient (Wildman–Crippen LogP) is 4.44. The van der Waals surface area contributed by atoms with E-state index in [0.717, 1.165) is 30.3 Å². The molecular formula is C28H23N5O16S5. The van der Waals surface area contributed by atoms with Gasteiger partial charge in [0, 0.05) is 5.39 Å². The molecule has 54 heavy (non-hydrogen) atoms. The Morgan fingerprint density at radius 1 is 0.630 bits per heavy atom. The van der Waals surface area contributed by atoms with E-state index in [2.05, 4.69) is 24.6 Å². The second-order valence-corrected chi connectivity index (χ2v) is 18.2. The molecule has 0 fully saturated rings. The largest absolute Gasteiger partial charge is 0.505 e. The van der Waals surface area contributed by atoms with Gasteiger partial charge >= 0.3 is 10.4 Å². The molecule has 21 nitrogen and oxygen atoms in total. The average molecular weight is 846 g/mol. The van der Waals surface area contributed by atoms with E-state index in [1.54, 1.807) is 6.07 Å². The van der Waals surface area contributed by atoms with E-state index in [-0.39, 0.29) is 16.0 Å². The molecule has 7 N–H and O–H groups in total. The molecule has 0 radical (unpaired) electrons. The van der Waals surface area contributed by atoms with Crippen LogP contribution in [-0.4, -0.2) is 77.8 Å². The number of anilines is 1. The summed E-state index contributed by atoms with van der Waals surface area (Å²) in [5, 5.41) is 25.4. The van der Waals surface area contributed by atoms with Gasteiger partial charge in [-0.15, -0.1) is 15.3 Å². The molecule has 26 heteroatoms. The second kappa shape index (κ2) is 14.3. The molecule has 0 saturated heterocycles. The number of phenols is 1. The van der Waals surface area contributed by atoms with Crippen molar-refractivity contribution in [2.45, 2.75) is 19.6 Å². The van der Waals surface area contributed by atoms with Gasteiger partial charge in [0.1, 0.15) is 31.7 Å². The number of aromatic hydroxyl groups is 1. The Morgan fingerprint density at radius 2 is 1.20 bits per heavy atom. The van der Waals surface area contributed by atoms with Crippen molar-refractivity contribution in [1.29, 1.82) is 0 Å². The minimum Gasteiger partial charge on any atom is -0.505 e. The van der Waals surface area contributed by atoms with Crippen molar-refractivity contribution in [1.82, 2.24) is 0 Å². The fraction of sp³-hybridized carbons (Fsp3) is 0.0714. The number of phenolic OH excluding ortho intramolecular Hbond substituents is 1. The Morgan fingerprint density at radius 3 is 1.78 bits per heavy atom. The molecule has 5 aromatic carbocycles. The zero-order chi connectivity index (χ0) is 40.0. The van der Waals surface area contributed by atoms with Crippen LogP contribution in [0, 0.1) is 0 Å². The third-order valence-corrected chi connectivity index (χ3v) is 12.1. The molecule has 0 atom stereocenters. The summed E-state index contributed by atoms with van der Waals surface area (Å²) in [6.07, 6.45) is 0. The Labute approximate surface area is 305 Å². The smallest absolute Gasteiger partial charge is 0.397 e. The van der Waals surface area contributed by atoms with Gasteiger partial charge in [-0.1, -0.05) is 30.3 Å². The quantitative estimate of drug-likeness (QED) is 0.0574. The van der Waals surface area contributed by atoms with E-state index in [1.165, 1.54) is 24.3 Å². The molecule has 5 aromatic rings. The maximum atomic E-state index is 12.5. The van der Waals surface area contributed by atoms with Crippen LogP contribution < -0.4 is 5.73 Å². The zero-order valence-electron chi connectivity index (χ0n) is 26.5. The molecule has 0 saturated carbocycles. The van der Waals surface area contributed by atoms with E-state index < -0.39 is 117 Å². The number of nitrogens with two attached hydrogens (primary N) is 1. The van der Waals surface area contributed by atoms with Crippen LogP contribution in [0.15, 0.2) is 113 Å². The van der Waals surface area contributed by atoms with Gasteiger partial charge < -0.3 is 10.8 Å². The number of nitrogen functional groups attached to an aromatic ring is 1. The maximum Gasteiger partial charge on any atom is 0.397 e. The molecule has 0 aliphatic heterocycles. The molecule has 0 aliphatic rings. The van der Waals surface area contributed by atoms with Gasteiger partial charge in [0.2, 0.25) is 0 Å². The van der Waals surface area contributed by atoms with Gasteiger partial charge in [0.15, 0.2) is 15.6 Å². The highest BCUT2D eigenvalue weighted by molar-refractivity contribution is 7.91. The van der Waals surface area contributed by atoms with Crippen molar-refractivity contribution in [3.63, 3.8) is 0 Å². The lowest BCUT2D eigenvalue weighted by Crippen LogP contribution is -2.15. The van der Waals surface area contributed by atoms with Gasteiger partial charge in [-0.05, 0) is 53.2 Å². The highest BCUT2D eigenvalue weighted by atomic mass is 32.3. The topological polar surface area (TPSA) is 357 Å². The highest BCUT2D eigenvalue weighted by Gasteiger charge is 2.28. The predicted molar refractivity (Wildman–Crippen MR) is 188 cm³/mol. The first kappa shape index (κ1) is 40.2. The average Bonchev–Trinajstić information content (AvgIpc) is 3.04. The molecule has 0 aromatic heterocycles. The van der Waals surface area contributed by atoms with E-state index in [4.69, 9.17) is 10.3 Å². The Hall–Kier alpha value is -5.03. The minimum atomic E-state index is -5.33. The third kappa shape index (κ3) is 8.67. The van der Waals surface area contributed by atoms with Gasteiger partial charge in [-0.3, -0.25) is 18.2 Å². The SMILES string of the molecule is Nc1c(N=Nc2ccc(S(=O)(=O)CCOS(=O)(=O)O)cc2)c(S(=O)(=O)O)cc2cc(S(=O)(=O)O)c(N=Nc3ccc4ccccc4c3S(=O)(=O)O)c(O)c12. The van der Waals surface area contributed by atoms with E-state index in [1.807, 2.05) is 0 Å². The number of nitrogens with zero attached hydrogens (tertiary/aromatic N) is 4. The van der Waals surface area contributed by atoms with Crippen LogP contribution in [0.5, 0.6) is 5.75 Å². The van der Waals surface area contributed by atoms with Crippen LogP contribution in [-0.2, 0) is 54.8 Å². The normalized spacial score (nSPS) is 13.4. The molecule has 0 bridgehead atoms. The van der Waals surface area contributed by atoms with Crippen molar-refractivity contribution < 1.29 is 69.6 Å². The van der Waals surface area contributed by atoms with Crippen LogP contribution >= 0.6 is 0 Å². The van der Waals surface area contributed by atoms with Crippen LogP contribution in [0.1, 0.15) is 0 Å². The van der Waals surface area contributed by atoms with Crippen LogP contribution in [0.4, 0.5) is 28.4 Å². The summed E-state index contributed by atoms with van der Waals surface area (Å²) in [5.74, 6) is -2.02. The Balaban J connectivity index is 1.65. The molecule has 0 heterocycles. The molecule has 0 aliphatic carbocycles. The lowest BCUT2D eigenvalue weighted by molar-refractivity contribution is 0.284. The summed E-state index contributed by atoms with van der Waals surface area (Å²) in [6.45, 7) is -0.904. The van der Waals surface area contributed by atoms with Gasteiger partial charge in [0.05, 0.1) is 34.0 Å². The lowest BCUT2D eigenvalue weighted by atomic mass is 10.1. The Bertz CT molecular complexity index is 2990. The van der Waals surface area contributed by atoms with Crippen molar-refractivity contribution in [3.8, 4) is 5.75 Å². The minimum absolute atomic E-state index is 0.00674. The van der Waals surface area contributed by atoms with Crippen LogP contribution in [0.2, 0.25) is 0 Å². The third-order valence-electron chi connectivity index (χ3n) is 7.29. The number of hydrogen-bond acceptors (Lipinski definition) is 17. The summed E-state index contributed by atoms with van der Waals surface area (Å²) in [4.78, 5) is -3.34. The number of benzene rings is 5.